The molecule has 136 valence electrons. The summed E-state index contributed by atoms with van der Waals surface area (Å²) < 4.78 is 0. The van der Waals surface area contributed by atoms with Crippen LogP contribution in [-0.4, -0.2) is 11.2 Å². The molecule has 0 fully saturated rings. The molecular formula is C20H33NO3. The fourth-order valence-corrected chi connectivity index (χ4v) is 2.33. The normalized spacial score (nSPS) is 12.3. The number of carbonyl (C=O) groups is 1. The van der Waals surface area contributed by atoms with Crippen LogP contribution in [0.3, 0.4) is 0 Å². The van der Waals surface area contributed by atoms with Crippen LogP contribution < -0.4 is 0 Å². The highest BCUT2D eigenvalue weighted by Gasteiger charge is 2.06. The Labute approximate surface area is 146 Å². The third-order valence-electron chi connectivity index (χ3n) is 3.80. The molecule has 0 aliphatic rings. The van der Waals surface area contributed by atoms with E-state index in [4.69, 9.17) is 0 Å². The van der Waals surface area contributed by atoms with Crippen molar-refractivity contribution in [2.24, 2.45) is 0 Å². The number of unbranched alkanes of at least 4 members (excludes halogenated alkanes) is 8. The summed E-state index contributed by atoms with van der Waals surface area (Å²) in [6.45, 7) is 2.17. The molecule has 0 heterocycles. The second-order valence-corrected chi connectivity index (χ2v) is 5.99. The molecule has 4 nitrogen and oxygen atoms in total. The van der Waals surface area contributed by atoms with Gasteiger partial charge >= 0.3 is 0 Å². The zero-order chi connectivity index (χ0) is 17.9. The first kappa shape index (κ1) is 22.3. The Morgan fingerprint density at radius 2 is 1.50 bits per heavy atom. The minimum absolute atomic E-state index is 0.278. The van der Waals surface area contributed by atoms with Crippen molar-refractivity contribution in [3.63, 3.8) is 0 Å². The van der Waals surface area contributed by atoms with E-state index in [-0.39, 0.29) is 10.6 Å². The Balaban J connectivity index is 3.88. The molecule has 0 aromatic rings. The lowest BCUT2D eigenvalue weighted by Gasteiger charge is -1.96. The molecule has 0 rings (SSSR count). The van der Waals surface area contributed by atoms with Gasteiger partial charge in [-0.05, 0) is 44.6 Å². The number of allylic oxidation sites excluding steroid dienone is 5. The second-order valence-electron chi connectivity index (χ2n) is 5.99. The highest BCUT2D eigenvalue weighted by atomic mass is 16.6. The molecule has 0 saturated carbocycles. The molecule has 0 radical (unpaired) electrons. The van der Waals surface area contributed by atoms with E-state index in [0.717, 1.165) is 51.2 Å². The van der Waals surface area contributed by atoms with E-state index in [0.29, 0.717) is 19.3 Å². The Hall–Kier alpha value is -1.71. The lowest BCUT2D eigenvalue weighted by molar-refractivity contribution is -0.427. The Morgan fingerprint density at radius 3 is 2.12 bits per heavy atom. The fourth-order valence-electron chi connectivity index (χ4n) is 2.33. The maximum Gasteiger partial charge on any atom is 0.246 e. The van der Waals surface area contributed by atoms with Crippen LogP contribution in [0, 0.1) is 10.1 Å². The molecule has 0 aliphatic carbocycles. The molecule has 0 atom stereocenters. The maximum absolute atomic E-state index is 11.0. The molecule has 0 aromatic carbocycles. The van der Waals surface area contributed by atoms with Crippen molar-refractivity contribution in [2.75, 3.05) is 0 Å². The van der Waals surface area contributed by atoms with E-state index in [1.165, 1.54) is 12.8 Å². The summed E-state index contributed by atoms with van der Waals surface area (Å²) in [7, 11) is 0. The molecule has 0 unspecified atom stereocenters. The van der Waals surface area contributed by atoms with Gasteiger partial charge in [-0.25, -0.2) is 0 Å². The summed E-state index contributed by atoms with van der Waals surface area (Å²) in [5.41, 5.74) is 0.278. The van der Waals surface area contributed by atoms with Gasteiger partial charge in [-0.1, -0.05) is 56.9 Å². The van der Waals surface area contributed by atoms with Crippen molar-refractivity contribution in [3.05, 3.63) is 46.2 Å². The highest BCUT2D eigenvalue weighted by Crippen LogP contribution is 2.09. The molecule has 0 amide bonds. The van der Waals surface area contributed by atoms with Crippen LogP contribution in [-0.2, 0) is 4.79 Å². The zero-order valence-corrected chi connectivity index (χ0v) is 15.1. The van der Waals surface area contributed by atoms with Gasteiger partial charge in [0.25, 0.3) is 0 Å². The van der Waals surface area contributed by atoms with Crippen molar-refractivity contribution in [1.29, 1.82) is 0 Å². The quantitative estimate of drug-likeness (QED) is 0.112. The largest absolute Gasteiger partial charge is 0.303 e. The molecule has 24 heavy (non-hydrogen) atoms. The van der Waals surface area contributed by atoms with Crippen molar-refractivity contribution in [1.82, 2.24) is 0 Å². The van der Waals surface area contributed by atoms with Gasteiger partial charge in [-0.15, -0.1) is 0 Å². The summed E-state index contributed by atoms with van der Waals surface area (Å²) in [6, 6.07) is 0. The average molecular weight is 335 g/mol. The van der Waals surface area contributed by atoms with E-state index < -0.39 is 0 Å². The second kappa shape index (κ2) is 17.6. The van der Waals surface area contributed by atoms with Gasteiger partial charge in [0, 0.05) is 6.42 Å². The molecule has 0 spiro atoms. The van der Waals surface area contributed by atoms with Crippen LogP contribution in [0.5, 0.6) is 0 Å². The Morgan fingerprint density at radius 1 is 0.875 bits per heavy atom. The van der Waals surface area contributed by atoms with Gasteiger partial charge in [0.1, 0.15) is 6.29 Å². The predicted octanol–water partition coefficient (Wildman–Crippen LogP) is 6.16. The summed E-state index contributed by atoms with van der Waals surface area (Å²) >= 11 is 0. The number of nitro groups is 1. The first-order chi connectivity index (χ1) is 11.7. The third kappa shape index (κ3) is 15.2. The van der Waals surface area contributed by atoms with E-state index in [1.807, 2.05) is 18.2 Å². The number of carbonyl (C=O) groups excluding carboxylic acids is 1. The molecule has 0 bridgehead atoms. The summed E-state index contributed by atoms with van der Waals surface area (Å²) in [6.07, 6.45) is 22.3. The van der Waals surface area contributed by atoms with Gasteiger partial charge in [0.15, 0.2) is 0 Å². The smallest absolute Gasteiger partial charge is 0.246 e. The van der Waals surface area contributed by atoms with E-state index in [2.05, 4.69) is 13.0 Å². The summed E-state index contributed by atoms with van der Waals surface area (Å²) in [4.78, 5) is 20.9. The van der Waals surface area contributed by atoms with Crippen molar-refractivity contribution >= 4 is 6.29 Å². The van der Waals surface area contributed by atoms with E-state index in [9.17, 15) is 14.9 Å². The zero-order valence-electron chi connectivity index (χ0n) is 15.1. The SMILES string of the molecule is CCCCC/C=C\C/C(=C\C/C=C\CCCCCCC=O)[N+](=O)[O-]. The van der Waals surface area contributed by atoms with Gasteiger partial charge in [0.05, 0.1) is 11.3 Å². The van der Waals surface area contributed by atoms with Crippen LogP contribution in [0.1, 0.15) is 84.0 Å². The van der Waals surface area contributed by atoms with Crippen molar-refractivity contribution in [2.45, 2.75) is 84.0 Å². The molecular weight excluding hydrogens is 302 g/mol. The minimum Gasteiger partial charge on any atom is -0.303 e. The predicted molar refractivity (Wildman–Crippen MR) is 100 cm³/mol. The Kier molecular flexibility index (Phi) is 16.4. The highest BCUT2D eigenvalue weighted by molar-refractivity contribution is 5.48. The lowest BCUT2D eigenvalue weighted by atomic mass is 10.1. The standard InChI is InChI=1S/C20H33NO3/c1-2-3-4-5-11-14-17-20(21(23)24)18-15-12-9-7-6-8-10-13-16-19-22/h9,11-12,14,18-19H,2-8,10,13,15-17H2,1H3/b12-9-,14-11-,20-18+. The monoisotopic (exact) mass is 335 g/mol. The molecule has 0 saturated heterocycles. The number of aldehydes is 1. The number of hydrogen-bond donors (Lipinski definition) is 0. The van der Waals surface area contributed by atoms with Gasteiger partial charge in [-0.2, -0.15) is 0 Å². The number of rotatable bonds is 16. The van der Waals surface area contributed by atoms with E-state index in [1.54, 1.807) is 6.08 Å². The van der Waals surface area contributed by atoms with Crippen molar-refractivity contribution in [3.8, 4) is 0 Å². The van der Waals surface area contributed by atoms with Gasteiger partial charge in [0.2, 0.25) is 5.70 Å². The van der Waals surface area contributed by atoms with Crippen LogP contribution in [0.15, 0.2) is 36.1 Å². The molecule has 0 aromatic heterocycles. The van der Waals surface area contributed by atoms with Crippen LogP contribution in [0.4, 0.5) is 0 Å². The topological polar surface area (TPSA) is 60.2 Å². The van der Waals surface area contributed by atoms with Crippen LogP contribution in [0.2, 0.25) is 0 Å². The summed E-state index contributed by atoms with van der Waals surface area (Å²) in [5.74, 6) is 0. The van der Waals surface area contributed by atoms with Crippen LogP contribution in [0.25, 0.3) is 0 Å². The average Bonchev–Trinajstić information content (AvgIpc) is 2.57. The Bertz CT molecular complexity index is 411. The van der Waals surface area contributed by atoms with Gasteiger partial charge < -0.3 is 4.79 Å². The first-order valence-electron chi connectivity index (χ1n) is 9.29. The number of hydrogen-bond acceptors (Lipinski definition) is 3. The molecule has 4 heteroatoms. The molecule has 0 aliphatic heterocycles. The van der Waals surface area contributed by atoms with Gasteiger partial charge in [-0.3, -0.25) is 10.1 Å². The lowest BCUT2D eigenvalue weighted by Crippen LogP contribution is -1.97. The molecule has 0 N–H and O–H groups in total. The van der Waals surface area contributed by atoms with E-state index >= 15 is 0 Å². The van der Waals surface area contributed by atoms with Crippen LogP contribution >= 0.6 is 0 Å². The third-order valence-corrected chi connectivity index (χ3v) is 3.80. The van der Waals surface area contributed by atoms with Crippen molar-refractivity contribution < 1.29 is 9.72 Å². The first-order valence-corrected chi connectivity index (χ1v) is 9.29. The number of nitrogens with zero attached hydrogens (tertiary/aromatic N) is 1. The summed E-state index contributed by atoms with van der Waals surface area (Å²) in [5, 5.41) is 11.0. The maximum atomic E-state index is 11.0. The fraction of sp³-hybridized carbons (Fsp3) is 0.650. The minimum atomic E-state index is -0.280.